The molecular formula is C10H17N3O3S. The van der Waals surface area contributed by atoms with Gasteiger partial charge in [-0.3, -0.25) is 0 Å². The van der Waals surface area contributed by atoms with Crippen LogP contribution in [0.1, 0.15) is 36.7 Å². The van der Waals surface area contributed by atoms with E-state index in [4.69, 9.17) is 4.52 Å². The maximum absolute atomic E-state index is 11.4. The molecule has 0 saturated carbocycles. The Morgan fingerprint density at radius 1 is 1.41 bits per heavy atom. The third kappa shape index (κ3) is 2.50. The number of nitrogens with zero attached hydrogens (tertiary/aromatic N) is 2. The summed E-state index contributed by atoms with van der Waals surface area (Å²) in [6, 6.07) is 0. The molecule has 1 aromatic heterocycles. The summed E-state index contributed by atoms with van der Waals surface area (Å²) in [6.07, 6.45) is 1.17. The molecule has 1 N–H and O–H groups in total. The molecule has 2 rings (SSSR count). The summed E-state index contributed by atoms with van der Waals surface area (Å²) in [7, 11) is -3.18. The highest BCUT2D eigenvalue weighted by atomic mass is 32.2. The molecule has 17 heavy (non-hydrogen) atoms. The summed E-state index contributed by atoms with van der Waals surface area (Å²) in [4.78, 5) is 4.19. The molecule has 1 aromatic rings. The molecule has 0 spiro atoms. The van der Waals surface area contributed by atoms with Crippen LogP contribution in [0.15, 0.2) is 4.52 Å². The van der Waals surface area contributed by atoms with E-state index in [1.807, 2.05) is 6.92 Å². The van der Waals surface area contributed by atoms with E-state index in [9.17, 15) is 8.42 Å². The third-order valence-corrected chi connectivity index (χ3v) is 4.87. The maximum atomic E-state index is 11.4. The Labute approximate surface area is 101 Å². The van der Waals surface area contributed by atoms with Crippen molar-refractivity contribution in [3.05, 3.63) is 11.7 Å². The minimum Gasteiger partial charge on any atom is -0.339 e. The topological polar surface area (TPSA) is 85.1 Å². The molecule has 1 aliphatic rings. The second-order valence-corrected chi connectivity index (χ2v) is 7.04. The predicted octanol–water partition coefficient (Wildman–Crippen LogP) is 0.498. The Morgan fingerprint density at radius 2 is 2.06 bits per heavy atom. The van der Waals surface area contributed by atoms with Crippen molar-refractivity contribution in [3.63, 3.8) is 0 Å². The van der Waals surface area contributed by atoms with Gasteiger partial charge in [0, 0.05) is 12.2 Å². The predicted molar refractivity (Wildman–Crippen MR) is 62.3 cm³/mol. The molecule has 6 nitrogen and oxygen atoms in total. The van der Waals surface area contributed by atoms with Crippen LogP contribution in [0.2, 0.25) is 0 Å². The van der Waals surface area contributed by atoms with Crippen molar-refractivity contribution in [2.75, 3.05) is 19.3 Å². The van der Waals surface area contributed by atoms with Gasteiger partial charge in [-0.15, -0.1) is 0 Å². The number of sulfone groups is 1. The van der Waals surface area contributed by atoms with Gasteiger partial charge in [0.2, 0.25) is 5.89 Å². The van der Waals surface area contributed by atoms with E-state index in [0.29, 0.717) is 11.8 Å². The Kier molecular flexibility index (Phi) is 3.22. The number of nitrogens with one attached hydrogen (secondary N) is 1. The minimum absolute atomic E-state index is 0.171. The average Bonchev–Trinajstić information content (AvgIpc) is 2.60. The van der Waals surface area contributed by atoms with E-state index in [2.05, 4.69) is 15.5 Å². The Bertz CT molecular complexity index is 493. The van der Waals surface area contributed by atoms with E-state index in [-0.39, 0.29) is 11.7 Å². The van der Waals surface area contributed by atoms with Crippen molar-refractivity contribution in [3.8, 4) is 0 Å². The van der Waals surface area contributed by atoms with Gasteiger partial charge in [-0.05, 0) is 25.9 Å². The average molecular weight is 259 g/mol. The van der Waals surface area contributed by atoms with Crippen molar-refractivity contribution in [2.45, 2.75) is 25.0 Å². The lowest BCUT2D eigenvalue weighted by molar-refractivity contribution is 0.252. The fraction of sp³-hybridized carbons (Fsp3) is 0.800. The van der Waals surface area contributed by atoms with Gasteiger partial charge in [-0.2, -0.15) is 4.98 Å². The van der Waals surface area contributed by atoms with Crippen molar-refractivity contribution in [1.29, 1.82) is 0 Å². The number of hydrogen-bond acceptors (Lipinski definition) is 6. The summed E-state index contributed by atoms with van der Waals surface area (Å²) in [5.41, 5.74) is 0. The summed E-state index contributed by atoms with van der Waals surface area (Å²) in [6.45, 7) is 5.48. The van der Waals surface area contributed by atoms with Crippen LogP contribution in [-0.2, 0) is 9.84 Å². The first-order valence-electron chi connectivity index (χ1n) is 5.62. The van der Waals surface area contributed by atoms with Gasteiger partial charge in [0.05, 0.1) is 0 Å². The van der Waals surface area contributed by atoms with Crippen LogP contribution < -0.4 is 5.32 Å². The molecule has 1 saturated heterocycles. The maximum Gasteiger partial charge on any atom is 0.229 e. The highest BCUT2D eigenvalue weighted by Crippen LogP contribution is 2.27. The van der Waals surface area contributed by atoms with Crippen LogP contribution in [0.3, 0.4) is 0 Å². The SMILES string of the molecule is CC(c1nc(C(C)S(C)(=O)=O)no1)C1CNC1. The molecule has 0 bridgehead atoms. The highest BCUT2D eigenvalue weighted by Gasteiger charge is 2.30. The molecule has 1 fully saturated rings. The van der Waals surface area contributed by atoms with Crippen LogP contribution in [0.5, 0.6) is 0 Å². The number of aromatic nitrogens is 2. The standard InChI is InChI=1S/C10H17N3O3S/c1-6(8-4-11-5-8)10-12-9(13-16-10)7(2)17(3,14)15/h6-8,11H,4-5H2,1-3H3. The quantitative estimate of drug-likeness (QED) is 0.847. The lowest BCUT2D eigenvalue weighted by Gasteiger charge is -2.30. The van der Waals surface area contributed by atoms with Gasteiger partial charge >= 0.3 is 0 Å². The van der Waals surface area contributed by atoms with Crippen molar-refractivity contribution in [2.24, 2.45) is 5.92 Å². The zero-order valence-electron chi connectivity index (χ0n) is 10.2. The Hall–Kier alpha value is -0.950. The molecule has 2 atom stereocenters. The minimum atomic E-state index is -3.18. The summed E-state index contributed by atoms with van der Waals surface area (Å²) in [5, 5.41) is 6.22. The van der Waals surface area contributed by atoms with Gasteiger partial charge in [0.25, 0.3) is 0 Å². The summed E-state index contributed by atoms with van der Waals surface area (Å²) >= 11 is 0. The first-order chi connectivity index (χ1) is 7.89. The lowest BCUT2D eigenvalue weighted by Crippen LogP contribution is -2.44. The van der Waals surface area contributed by atoms with Crippen LogP contribution in [0, 0.1) is 5.92 Å². The summed E-state index contributed by atoms with van der Waals surface area (Å²) < 4.78 is 27.9. The number of rotatable bonds is 4. The molecule has 0 aromatic carbocycles. The highest BCUT2D eigenvalue weighted by molar-refractivity contribution is 7.90. The fourth-order valence-electron chi connectivity index (χ4n) is 1.65. The van der Waals surface area contributed by atoms with Crippen LogP contribution in [0.25, 0.3) is 0 Å². The molecular weight excluding hydrogens is 242 g/mol. The van der Waals surface area contributed by atoms with Gasteiger partial charge < -0.3 is 9.84 Å². The smallest absolute Gasteiger partial charge is 0.229 e. The Morgan fingerprint density at radius 3 is 2.53 bits per heavy atom. The van der Waals surface area contributed by atoms with E-state index in [0.717, 1.165) is 13.1 Å². The van der Waals surface area contributed by atoms with Crippen molar-refractivity contribution in [1.82, 2.24) is 15.5 Å². The molecule has 2 unspecified atom stereocenters. The zero-order chi connectivity index (χ0) is 12.6. The lowest BCUT2D eigenvalue weighted by atomic mass is 9.89. The van der Waals surface area contributed by atoms with Crippen molar-refractivity contribution < 1.29 is 12.9 Å². The first-order valence-corrected chi connectivity index (χ1v) is 7.58. The van der Waals surface area contributed by atoms with Gasteiger partial charge in [-0.25, -0.2) is 8.42 Å². The molecule has 7 heteroatoms. The normalized spacial score (nSPS) is 20.9. The molecule has 2 heterocycles. The summed E-state index contributed by atoms with van der Waals surface area (Å²) in [5.74, 6) is 1.45. The number of hydrogen-bond donors (Lipinski definition) is 1. The van der Waals surface area contributed by atoms with E-state index < -0.39 is 15.1 Å². The van der Waals surface area contributed by atoms with E-state index in [1.54, 1.807) is 6.92 Å². The molecule has 0 radical (unpaired) electrons. The largest absolute Gasteiger partial charge is 0.339 e. The fourth-order valence-corrected chi connectivity index (χ4v) is 2.13. The van der Waals surface area contributed by atoms with Gasteiger partial charge in [-0.1, -0.05) is 12.1 Å². The van der Waals surface area contributed by atoms with Crippen LogP contribution in [0.4, 0.5) is 0 Å². The molecule has 1 aliphatic heterocycles. The first kappa shape index (κ1) is 12.5. The van der Waals surface area contributed by atoms with Gasteiger partial charge in [0.15, 0.2) is 15.7 Å². The third-order valence-electron chi connectivity index (χ3n) is 3.37. The van der Waals surface area contributed by atoms with E-state index >= 15 is 0 Å². The molecule has 96 valence electrons. The molecule has 0 aliphatic carbocycles. The van der Waals surface area contributed by atoms with Crippen LogP contribution >= 0.6 is 0 Å². The van der Waals surface area contributed by atoms with Crippen molar-refractivity contribution >= 4 is 9.84 Å². The Balaban J connectivity index is 2.15. The zero-order valence-corrected chi connectivity index (χ0v) is 11.0. The van der Waals surface area contributed by atoms with Gasteiger partial charge in [0.1, 0.15) is 5.25 Å². The second-order valence-electron chi connectivity index (χ2n) is 4.67. The second kappa shape index (κ2) is 4.38. The molecule has 0 amide bonds. The monoisotopic (exact) mass is 259 g/mol. The van der Waals surface area contributed by atoms with E-state index in [1.165, 1.54) is 6.26 Å². The van der Waals surface area contributed by atoms with Crippen LogP contribution in [-0.4, -0.2) is 37.9 Å².